The van der Waals surface area contributed by atoms with Gasteiger partial charge in [-0.05, 0) is 54.9 Å². The van der Waals surface area contributed by atoms with Gasteiger partial charge in [0.1, 0.15) is 0 Å². The van der Waals surface area contributed by atoms with Crippen molar-refractivity contribution in [2.75, 3.05) is 7.11 Å². The Balaban J connectivity index is 1.92. The number of carbonyl (C=O) groups is 1. The van der Waals surface area contributed by atoms with E-state index in [9.17, 15) is 9.90 Å². The zero-order chi connectivity index (χ0) is 18.2. The minimum Gasteiger partial charge on any atom is -0.466 e. The van der Waals surface area contributed by atoms with E-state index in [1.54, 1.807) is 0 Å². The van der Waals surface area contributed by atoms with Crippen LogP contribution in [-0.2, 0) is 14.3 Å². The number of ether oxygens (including phenoxy) is 2. The molecule has 0 aromatic heterocycles. The maximum Gasteiger partial charge on any atom is 0.334 e. The van der Waals surface area contributed by atoms with Gasteiger partial charge < -0.3 is 14.6 Å². The molecule has 0 aromatic rings. The summed E-state index contributed by atoms with van der Waals surface area (Å²) in [7, 11) is 1.44. The number of hydrogen-bond donors (Lipinski definition) is 1. The van der Waals surface area contributed by atoms with Crippen molar-refractivity contribution in [2.45, 2.75) is 71.2 Å². The van der Waals surface area contributed by atoms with E-state index in [4.69, 9.17) is 9.47 Å². The minimum atomic E-state index is -1.26. The standard InChI is InChI=1S/C21H32O4/c1-12(2)15-8-9-19(4)16-7-6-13(3)10-20(16)11-14(18(22)24-5)17(19)21(15,23)25-20/h11-13,15-17,23H,6-10H2,1-5H3/t13-,15-,16?,17-,19+,20+,21-/m0/s1. The van der Waals surface area contributed by atoms with Gasteiger partial charge in [-0.2, -0.15) is 0 Å². The van der Waals surface area contributed by atoms with Crippen LogP contribution < -0.4 is 0 Å². The van der Waals surface area contributed by atoms with Gasteiger partial charge in [0.2, 0.25) is 0 Å². The van der Waals surface area contributed by atoms with Crippen LogP contribution in [0.5, 0.6) is 0 Å². The summed E-state index contributed by atoms with van der Waals surface area (Å²) in [5.74, 6) is -0.563. The van der Waals surface area contributed by atoms with Gasteiger partial charge in [0.15, 0.2) is 5.79 Å². The van der Waals surface area contributed by atoms with Crippen LogP contribution >= 0.6 is 0 Å². The second-order valence-electron chi connectivity index (χ2n) is 9.67. The largest absolute Gasteiger partial charge is 0.466 e. The summed E-state index contributed by atoms with van der Waals surface area (Å²) >= 11 is 0. The average Bonchev–Trinajstić information content (AvgIpc) is 2.51. The zero-order valence-corrected chi connectivity index (χ0v) is 16.2. The van der Waals surface area contributed by atoms with Crippen LogP contribution in [0.2, 0.25) is 0 Å². The lowest BCUT2D eigenvalue weighted by molar-refractivity contribution is -0.404. The maximum atomic E-state index is 12.6. The van der Waals surface area contributed by atoms with Crippen LogP contribution in [0, 0.1) is 35.0 Å². The second-order valence-corrected chi connectivity index (χ2v) is 9.67. The van der Waals surface area contributed by atoms with E-state index in [1.807, 2.05) is 6.08 Å². The molecule has 2 aliphatic heterocycles. The summed E-state index contributed by atoms with van der Waals surface area (Å²) in [5, 5.41) is 11.9. The van der Waals surface area contributed by atoms with E-state index in [0.29, 0.717) is 23.3 Å². The zero-order valence-electron chi connectivity index (χ0n) is 16.2. The summed E-state index contributed by atoms with van der Waals surface area (Å²) < 4.78 is 11.8. The van der Waals surface area contributed by atoms with Gasteiger partial charge >= 0.3 is 5.97 Å². The molecule has 4 bridgehead atoms. The molecule has 0 radical (unpaired) electrons. The van der Waals surface area contributed by atoms with Crippen molar-refractivity contribution in [1.82, 2.24) is 0 Å². The molecule has 0 aromatic carbocycles. The molecule has 5 aliphatic rings. The predicted molar refractivity (Wildman–Crippen MR) is 94.5 cm³/mol. The van der Waals surface area contributed by atoms with Crippen molar-refractivity contribution < 1.29 is 19.4 Å². The molecule has 140 valence electrons. The van der Waals surface area contributed by atoms with E-state index >= 15 is 0 Å². The number of carbonyl (C=O) groups excluding carboxylic acids is 1. The van der Waals surface area contributed by atoms with Crippen LogP contribution in [0.4, 0.5) is 0 Å². The Kier molecular flexibility index (Phi) is 3.73. The minimum absolute atomic E-state index is 0.0500. The molecule has 0 amide bonds. The first-order chi connectivity index (χ1) is 11.7. The van der Waals surface area contributed by atoms with Gasteiger partial charge in [0, 0.05) is 11.5 Å². The Morgan fingerprint density at radius 1 is 1.36 bits per heavy atom. The van der Waals surface area contributed by atoms with Gasteiger partial charge in [0.05, 0.1) is 18.6 Å². The summed E-state index contributed by atoms with van der Waals surface area (Å²) in [5.41, 5.74) is 0.0403. The number of aliphatic hydroxyl groups is 1. The summed E-state index contributed by atoms with van der Waals surface area (Å²) in [6.45, 7) is 8.84. The highest BCUT2D eigenvalue weighted by atomic mass is 16.6. The molecule has 1 N–H and O–H groups in total. The second kappa shape index (κ2) is 5.32. The Morgan fingerprint density at radius 2 is 2.08 bits per heavy atom. The molecule has 5 rings (SSSR count). The van der Waals surface area contributed by atoms with Gasteiger partial charge in [-0.3, -0.25) is 0 Å². The third kappa shape index (κ3) is 2.10. The maximum absolute atomic E-state index is 12.6. The quantitative estimate of drug-likeness (QED) is 0.774. The van der Waals surface area contributed by atoms with E-state index < -0.39 is 11.4 Å². The first-order valence-electron chi connectivity index (χ1n) is 9.91. The van der Waals surface area contributed by atoms with E-state index in [2.05, 4.69) is 27.7 Å². The van der Waals surface area contributed by atoms with Crippen molar-refractivity contribution in [2.24, 2.45) is 35.0 Å². The van der Waals surface area contributed by atoms with E-state index in [1.165, 1.54) is 13.5 Å². The molecular weight excluding hydrogens is 316 g/mol. The lowest BCUT2D eigenvalue weighted by Gasteiger charge is -2.71. The highest BCUT2D eigenvalue weighted by Crippen LogP contribution is 2.70. The van der Waals surface area contributed by atoms with Crippen LogP contribution in [0.1, 0.15) is 59.8 Å². The number of rotatable bonds is 2. The van der Waals surface area contributed by atoms with Crippen LogP contribution in [0.3, 0.4) is 0 Å². The molecule has 25 heavy (non-hydrogen) atoms. The van der Waals surface area contributed by atoms with Crippen molar-refractivity contribution in [1.29, 1.82) is 0 Å². The van der Waals surface area contributed by atoms with Gasteiger partial charge in [0.25, 0.3) is 0 Å². The molecule has 2 heterocycles. The highest BCUT2D eigenvalue weighted by Gasteiger charge is 2.73. The molecule has 4 heteroatoms. The number of methoxy groups -OCH3 is 1. The fourth-order valence-corrected chi connectivity index (χ4v) is 7.02. The summed E-state index contributed by atoms with van der Waals surface area (Å²) in [6, 6.07) is 0. The Bertz CT molecular complexity index is 625. The molecule has 7 atom stereocenters. The average molecular weight is 348 g/mol. The molecule has 4 nitrogen and oxygen atoms in total. The van der Waals surface area contributed by atoms with Crippen molar-refractivity contribution in [3.8, 4) is 0 Å². The first-order valence-corrected chi connectivity index (χ1v) is 9.91. The molecule has 1 unspecified atom stereocenters. The lowest BCUT2D eigenvalue weighted by Crippen LogP contribution is -2.75. The summed E-state index contributed by atoms with van der Waals surface area (Å²) in [6.07, 6.45) is 7.24. The topological polar surface area (TPSA) is 55.8 Å². The van der Waals surface area contributed by atoms with Crippen molar-refractivity contribution >= 4 is 5.97 Å². The van der Waals surface area contributed by atoms with Crippen LogP contribution in [0.25, 0.3) is 0 Å². The monoisotopic (exact) mass is 348 g/mol. The van der Waals surface area contributed by atoms with Crippen LogP contribution in [0.15, 0.2) is 11.6 Å². The van der Waals surface area contributed by atoms with Crippen LogP contribution in [-0.4, -0.2) is 29.6 Å². The van der Waals surface area contributed by atoms with Crippen molar-refractivity contribution in [3.63, 3.8) is 0 Å². The first kappa shape index (κ1) is 17.5. The number of esters is 1. The SMILES string of the molecule is COC(=O)C1=C[C@]23C[C@@H](C)CCC2[C@@]2(C)CC[C@@H](C(C)C)[C@](O)(O3)[C@@H]12. The van der Waals surface area contributed by atoms with Crippen molar-refractivity contribution in [3.05, 3.63) is 11.6 Å². The predicted octanol–water partition coefficient (Wildman–Crippen LogP) is 3.68. The Labute approximate surface area is 151 Å². The summed E-state index contributed by atoms with van der Waals surface area (Å²) in [4.78, 5) is 12.6. The van der Waals surface area contributed by atoms with Gasteiger partial charge in [-0.1, -0.05) is 34.1 Å². The highest BCUT2D eigenvalue weighted by molar-refractivity contribution is 5.90. The molecule has 3 aliphatic carbocycles. The van der Waals surface area contributed by atoms with Gasteiger partial charge in [-0.25, -0.2) is 4.79 Å². The molecule has 1 saturated heterocycles. The normalized spacial score (nSPS) is 51.1. The smallest absolute Gasteiger partial charge is 0.334 e. The Morgan fingerprint density at radius 3 is 2.72 bits per heavy atom. The molecular formula is C21H32O4. The van der Waals surface area contributed by atoms with Gasteiger partial charge in [-0.15, -0.1) is 0 Å². The fourth-order valence-electron chi connectivity index (χ4n) is 7.02. The number of hydrogen-bond acceptors (Lipinski definition) is 4. The third-order valence-corrected chi connectivity index (χ3v) is 7.89. The Hall–Kier alpha value is -0.870. The fraction of sp³-hybridized carbons (Fsp3) is 0.857. The lowest BCUT2D eigenvalue weighted by atomic mass is 9.42. The third-order valence-electron chi connectivity index (χ3n) is 7.89. The molecule has 3 fully saturated rings. The molecule has 1 spiro atoms. The van der Waals surface area contributed by atoms with E-state index in [-0.39, 0.29) is 23.2 Å². The molecule has 2 saturated carbocycles. The van der Waals surface area contributed by atoms with E-state index in [0.717, 1.165) is 25.7 Å².